The van der Waals surface area contributed by atoms with Crippen LogP contribution in [0.3, 0.4) is 0 Å². The van der Waals surface area contributed by atoms with Crippen molar-refractivity contribution in [3.05, 3.63) is 22.4 Å². The average Bonchev–Trinajstić information content (AvgIpc) is 3.26. The molecule has 3 heterocycles. The number of thiophene rings is 1. The van der Waals surface area contributed by atoms with E-state index in [9.17, 15) is 14.4 Å². The van der Waals surface area contributed by atoms with E-state index in [1.807, 2.05) is 17.5 Å². The van der Waals surface area contributed by atoms with Gasteiger partial charge in [-0.25, -0.2) is 9.59 Å². The number of nitrogens with one attached hydrogen (secondary N) is 2. The predicted molar refractivity (Wildman–Crippen MR) is 111 cm³/mol. The van der Waals surface area contributed by atoms with Gasteiger partial charge in [0, 0.05) is 37.1 Å². The van der Waals surface area contributed by atoms with Gasteiger partial charge >= 0.3 is 12.1 Å². The molecule has 9 heteroatoms. The van der Waals surface area contributed by atoms with Gasteiger partial charge in [0.25, 0.3) is 0 Å². The number of nitrogens with zero attached hydrogens (tertiary/aromatic N) is 2. The molecule has 1 unspecified atom stereocenters. The van der Waals surface area contributed by atoms with Crippen LogP contribution in [0.15, 0.2) is 17.5 Å². The highest BCUT2D eigenvalue weighted by Crippen LogP contribution is 2.19. The van der Waals surface area contributed by atoms with Gasteiger partial charge in [-0.05, 0) is 44.1 Å². The SMILES string of the molecule is CCOC(=O)N1CCC(NC(=O)C2CCCN(C(=O)NCc3cccs3)C2)CC1. The summed E-state index contributed by atoms with van der Waals surface area (Å²) in [7, 11) is 0. The maximum Gasteiger partial charge on any atom is 0.409 e. The van der Waals surface area contributed by atoms with E-state index in [1.165, 1.54) is 0 Å². The summed E-state index contributed by atoms with van der Waals surface area (Å²) in [5.41, 5.74) is 0. The second kappa shape index (κ2) is 10.5. The minimum absolute atomic E-state index is 0.00958. The first kappa shape index (κ1) is 21.4. The van der Waals surface area contributed by atoms with Crippen LogP contribution in [0.1, 0.15) is 37.5 Å². The van der Waals surface area contributed by atoms with Gasteiger partial charge < -0.3 is 25.2 Å². The number of hydrogen-bond acceptors (Lipinski definition) is 5. The third-order valence-corrected chi connectivity index (χ3v) is 6.32. The van der Waals surface area contributed by atoms with E-state index >= 15 is 0 Å². The number of carbonyl (C=O) groups excluding carboxylic acids is 3. The van der Waals surface area contributed by atoms with Gasteiger partial charge in [0.15, 0.2) is 0 Å². The number of hydrogen-bond donors (Lipinski definition) is 2. The number of urea groups is 1. The van der Waals surface area contributed by atoms with Gasteiger partial charge in [-0.2, -0.15) is 0 Å². The van der Waals surface area contributed by atoms with Crippen LogP contribution in [0.25, 0.3) is 0 Å². The minimum atomic E-state index is -0.284. The van der Waals surface area contributed by atoms with E-state index in [1.54, 1.807) is 28.1 Å². The fourth-order valence-corrected chi connectivity index (χ4v) is 4.45. The van der Waals surface area contributed by atoms with Crippen LogP contribution in [-0.4, -0.2) is 66.7 Å². The molecule has 0 aliphatic carbocycles. The Bertz CT molecular complexity index is 689. The Labute approximate surface area is 175 Å². The van der Waals surface area contributed by atoms with Crippen molar-refractivity contribution in [3.8, 4) is 0 Å². The molecule has 0 saturated carbocycles. The molecule has 1 aromatic heterocycles. The molecule has 2 saturated heterocycles. The fraction of sp³-hybridized carbons (Fsp3) is 0.650. The highest BCUT2D eigenvalue weighted by atomic mass is 32.1. The van der Waals surface area contributed by atoms with Gasteiger partial charge in [0.05, 0.1) is 19.1 Å². The van der Waals surface area contributed by atoms with Crippen molar-refractivity contribution in [1.82, 2.24) is 20.4 Å². The first-order valence-corrected chi connectivity index (χ1v) is 11.2. The number of piperidine rings is 2. The molecule has 2 aliphatic rings. The zero-order chi connectivity index (χ0) is 20.6. The molecule has 0 spiro atoms. The predicted octanol–water partition coefficient (Wildman–Crippen LogP) is 2.41. The second-order valence-corrected chi connectivity index (χ2v) is 8.52. The average molecular weight is 423 g/mol. The van der Waals surface area contributed by atoms with Crippen molar-refractivity contribution in [2.75, 3.05) is 32.8 Å². The summed E-state index contributed by atoms with van der Waals surface area (Å²) in [5.74, 6) is -0.172. The van der Waals surface area contributed by atoms with Crippen molar-refractivity contribution >= 4 is 29.4 Å². The molecule has 0 aromatic carbocycles. The molecule has 8 nitrogen and oxygen atoms in total. The van der Waals surface area contributed by atoms with Crippen LogP contribution in [0, 0.1) is 5.92 Å². The Balaban J connectivity index is 1.41. The summed E-state index contributed by atoms with van der Waals surface area (Å²) < 4.78 is 5.03. The Morgan fingerprint density at radius 3 is 2.66 bits per heavy atom. The summed E-state index contributed by atoms with van der Waals surface area (Å²) in [6, 6.07) is 3.91. The van der Waals surface area contributed by atoms with Crippen molar-refractivity contribution in [1.29, 1.82) is 0 Å². The van der Waals surface area contributed by atoms with Crippen molar-refractivity contribution < 1.29 is 19.1 Å². The van der Waals surface area contributed by atoms with E-state index in [4.69, 9.17) is 4.74 Å². The summed E-state index contributed by atoms with van der Waals surface area (Å²) >= 11 is 1.61. The molecular weight excluding hydrogens is 392 g/mol. The lowest BCUT2D eigenvalue weighted by Crippen LogP contribution is -2.52. The summed E-state index contributed by atoms with van der Waals surface area (Å²) in [4.78, 5) is 41.5. The van der Waals surface area contributed by atoms with E-state index in [-0.39, 0.29) is 30.0 Å². The van der Waals surface area contributed by atoms with Crippen LogP contribution < -0.4 is 10.6 Å². The number of carbonyl (C=O) groups is 3. The monoisotopic (exact) mass is 422 g/mol. The van der Waals surface area contributed by atoms with Gasteiger partial charge in [0.2, 0.25) is 5.91 Å². The van der Waals surface area contributed by atoms with Crippen molar-refractivity contribution in [3.63, 3.8) is 0 Å². The quantitative estimate of drug-likeness (QED) is 0.762. The zero-order valence-corrected chi connectivity index (χ0v) is 17.7. The van der Waals surface area contributed by atoms with Crippen LogP contribution in [0.2, 0.25) is 0 Å². The Kier molecular flexibility index (Phi) is 7.74. The minimum Gasteiger partial charge on any atom is -0.450 e. The summed E-state index contributed by atoms with van der Waals surface area (Å²) in [6.07, 6.45) is 2.78. The highest BCUT2D eigenvalue weighted by molar-refractivity contribution is 7.09. The Hall–Kier alpha value is -2.29. The summed E-state index contributed by atoms with van der Waals surface area (Å²) in [6.45, 7) is 4.98. The van der Waals surface area contributed by atoms with E-state index < -0.39 is 0 Å². The standard InChI is InChI=1S/C20H30N4O4S/c1-2-28-20(27)23-10-7-16(8-11-23)22-18(25)15-5-3-9-24(14-15)19(26)21-13-17-6-4-12-29-17/h4,6,12,15-16H,2-3,5,7-11,13-14H2,1H3,(H,21,26)(H,22,25). The highest BCUT2D eigenvalue weighted by Gasteiger charge is 2.31. The fourth-order valence-electron chi connectivity index (χ4n) is 3.80. The summed E-state index contributed by atoms with van der Waals surface area (Å²) in [5, 5.41) is 8.04. The lowest BCUT2D eigenvalue weighted by molar-refractivity contribution is -0.127. The third kappa shape index (κ3) is 6.09. The van der Waals surface area contributed by atoms with Gasteiger partial charge in [-0.1, -0.05) is 6.07 Å². The van der Waals surface area contributed by atoms with Crippen LogP contribution in [0.4, 0.5) is 9.59 Å². The molecule has 0 radical (unpaired) electrons. The molecule has 29 heavy (non-hydrogen) atoms. The molecule has 0 bridgehead atoms. The normalized spacial score (nSPS) is 20.2. The molecule has 3 rings (SSSR count). The maximum absolute atomic E-state index is 12.7. The van der Waals surface area contributed by atoms with Gasteiger partial charge in [-0.3, -0.25) is 4.79 Å². The number of amides is 4. The lowest BCUT2D eigenvalue weighted by Gasteiger charge is -2.35. The van der Waals surface area contributed by atoms with E-state index in [0.717, 1.165) is 30.6 Å². The van der Waals surface area contributed by atoms with Crippen molar-refractivity contribution in [2.24, 2.45) is 5.92 Å². The molecule has 2 fully saturated rings. The van der Waals surface area contributed by atoms with Crippen LogP contribution >= 0.6 is 11.3 Å². The Morgan fingerprint density at radius 1 is 1.17 bits per heavy atom. The largest absolute Gasteiger partial charge is 0.450 e. The molecule has 4 amide bonds. The molecular formula is C20H30N4O4S. The first-order valence-electron chi connectivity index (χ1n) is 10.3. The van der Waals surface area contributed by atoms with Crippen LogP contribution in [-0.2, 0) is 16.1 Å². The molecule has 1 aromatic rings. The van der Waals surface area contributed by atoms with Gasteiger partial charge in [0.1, 0.15) is 0 Å². The third-order valence-electron chi connectivity index (χ3n) is 5.44. The van der Waals surface area contributed by atoms with Crippen LogP contribution in [0.5, 0.6) is 0 Å². The second-order valence-electron chi connectivity index (χ2n) is 7.49. The lowest BCUT2D eigenvalue weighted by atomic mass is 9.96. The number of rotatable bonds is 5. The molecule has 2 N–H and O–H groups in total. The molecule has 1 atom stereocenters. The van der Waals surface area contributed by atoms with E-state index in [0.29, 0.717) is 39.3 Å². The van der Waals surface area contributed by atoms with Crippen molar-refractivity contribution in [2.45, 2.75) is 45.2 Å². The molecule has 2 aliphatic heterocycles. The number of likely N-dealkylation sites (tertiary alicyclic amines) is 2. The topological polar surface area (TPSA) is 91.0 Å². The molecule has 160 valence electrons. The Morgan fingerprint density at radius 2 is 1.97 bits per heavy atom. The maximum atomic E-state index is 12.7. The first-order chi connectivity index (χ1) is 14.1. The van der Waals surface area contributed by atoms with E-state index in [2.05, 4.69) is 10.6 Å². The zero-order valence-electron chi connectivity index (χ0n) is 16.9. The number of ether oxygens (including phenoxy) is 1. The smallest absolute Gasteiger partial charge is 0.409 e. The van der Waals surface area contributed by atoms with Gasteiger partial charge in [-0.15, -0.1) is 11.3 Å².